The molecule has 0 aromatic carbocycles. The first-order chi connectivity index (χ1) is 13.1. The zero-order valence-electron chi connectivity index (χ0n) is 17.4. The van der Waals surface area contributed by atoms with Gasteiger partial charge in [0.25, 0.3) is 0 Å². The molecule has 0 saturated heterocycles. The average molecular weight is 394 g/mol. The van der Waals surface area contributed by atoms with Crippen LogP contribution in [0.4, 0.5) is 4.79 Å². The van der Waals surface area contributed by atoms with Gasteiger partial charge in [0.1, 0.15) is 12.0 Å². The van der Waals surface area contributed by atoms with E-state index in [4.69, 9.17) is 4.74 Å². The van der Waals surface area contributed by atoms with Gasteiger partial charge in [-0.3, -0.25) is 9.59 Å². The Bertz CT molecular complexity index is 576. The smallest absolute Gasteiger partial charge is 0.407 e. The van der Waals surface area contributed by atoms with Crippen LogP contribution in [0.3, 0.4) is 0 Å². The van der Waals surface area contributed by atoms with E-state index in [2.05, 4.69) is 16.0 Å². The lowest BCUT2D eigenvalue weighted by Crippen LogP contribution is -2.60. The van der Waals surface area contributed by atoms with E-state index in [0.717, 1.165) is 37.0 Å². The minimum Gasteiger partial charge on any atom is -0.444 e. The third-order valence-corrected chi connectivity index (χ3v) is 6.11. The van der Waals surface area contributed by atoms with Gasteiger partial charge in [-0.05, 0) is 83.5 Å². The molecule has 4 saturated carbocycles. The highest BCUT2D eigenvalue weighted by atomic mass is 16.6. The first kappa shape index (κ1) is 20.9. The lowest BCUT2D eigenvalue weighted by molar-refractivity contribution is -0.132. The summed E-state index contributed by atoms with van der Waals surface area (Å²) in [5.41, 5.74) is -0.578. The molecule has 0 unspecified atom stereocenters. The molecule has 0 aromatic rings. The topological polar surface area (TPSA) is 96.5 Å². The van der Waals surface area contributed by atoms with Crippen LogP contribution in [0.15, 0.2) is 0 Å². The van der Waals surface area contributed by atoms with Crippen LogP contribution in [0.25, 0.3) is 0 Å². The van der Waals surface area contributed by atoms with Gasteiger partial charge < -0.3 is 20.7 Å². The lowest BCUT2D eigenvalue weighted by Gasteiger charge is -2.56. The van der Waals surface area contributed by atoms with E-state index in [0.29, 0.717) is 19.5 Å². The van der Waals surface area contributed by atoms with Gasteiger partial charge in [0.05, 0.1) is 0 Å². The summed E-state index contributed by atoms with van der Waals surface area (Å²) in [4.78, 5) is 36.0. The zero-order chi connectivity index (χ0) is 20.4. The van der Waals surface area contributed by atoms with E-state index in [-0.39, 0.29) is 23.8 Å². The summed E-state index contributed by atoms with van der Waals surface area (Å²) in [6.45, 7) is 6.25. The maximum atomic E-state index is 12.4. The second-order valence-electron chi connectivity index (χ2n) is 10.1. The first-order valence-electron chi connectivity index (χ1n) is 10.7. The van der Waals surface area contributed by atoms with Crippen molar-refractivity contribution in [3.63, 3.8) is 0 Å². The van der Waals surface area contributed by atoms with Gasteiger partial charge in [0.15, 0.2) is 0 Å². The number of alkyl carbamates (subject to hydrolysis) is 1. The molecule has 4 aliphatic carbocycles. The first-order valence-corrected chi connectivity index (χ1v) is 10.7. The summed E-state index contributed by atoms with van der Waals surface area (Å²) < 4.78 is 5.14. The molecule has 3 N–H and O–H groups in total. The monoisotopic (exact) mass is 393 g/mol. The zero-order valence-corrected chi connectivity index (χ0v) is 17.4. The summed E-state index contributed by atoms with van der Waals surface area (Å²) >= 11 is 0. The SMILES string of the molecule is CC(C)(C)OC(=O)NCCCNC(=O)CC(=O)NC12CC3CC(CC(C3)C1)C2. The van der Waals surface area contributed by atoms with Crippen molar-refractivity contribution in [2.75, 3.05) is 13.1 Å². The Morgan fingerprint density at radius 1 is 0.893 bits per heavy atom. The largest absolute Gasteiger partial charge is 0.444 e. The van der Waals surface area contributed by atoms with Gasteiger partial charge in [-0.2, -0.15) is 0 Å². The molecule has 4 rings (SSSR count). The normalized spacial score (nSPS) is 30.6. The molecule has 4 aliphatic rings. The Labute approximate surface area is 167 Å². The van der Waals surface area contributed by atoms with Crippen molar-refractivity contribution in [2.45, 2.75) is 83.3 Å². The second-order valence-corrected chi connectivity index (χ2v) is 10.1. The van der Waals surface area contributed by atoms with Gasteiger partial charge in [-0.1, -0.05) is 0 Å². The molecule has 158 valence electrons. The standard InChI is InChI=1S/C21H35N3O4/c1-20(2,3)28-19(27)23-6-4-5-22-17(25)10-18(26)24-21-11-14-7-15(12-21)9-16(8-14)13-21/h14-16H,4-13H2,1-3H3,(H,22,25)(H,23,27)(H,24,26). The number of rotatable bonds is 7. The second kappa shape index (κ2) is 8.29. The molecule has 4 bridgehead atoms. The summed E-state index contributed by atoms with van der Waals surface area (Å²) in [7, 11) is 0. The van der Waals surface area contributed by atoms with Crippen molar-refractivity contribution in [3.05, 3.63) is 0 Å². The van der Waals surface area contributed by atoms with Crippen LogP contribution >= 0.6 is 0 Å². The Balaban J connectivity index is 1.30. The highest BCUT2D eigenvalue weighted by molar-refractivity contribution is 5.97. The molecule has 0 spiro atoms. The molecule has 7 heteroatoms. The van der Waals surface area contributed by atoms with Crippen molar-refractivity contribution in [2.24, 2.45) is 17.8 Å². The van der Waals surface area contributed by atoms with E-state index < -0.39 is 11.7 Å². The number of amides is 3. The number of carbonyl (C=O) groups is 3. The van der Waals surface area contributed by atoms with Crippen LogP contribution in [0.1, 0.15) is 72.1 Å². The van der Waals surface area contributed by atoms with Crippen molar-refractivity contribution in [3.8, 4) is 0 Å². The van der Waals surface area contributed by atoms with E-state index in [1.807, 2.05) is 0 Å². The fraction of sp³-hybridized carbons (Fsp3) is 0.857. The minimum absolute atomic E-state index is 0.0521. The molecule has 0 atom stereocenters. The number of nitrogens with one attached hydrogen (secondary N) is 3. The van der Waals surface area contributed by atoms with Gasteiger partial charge >= 0.3 is 6.09 Å². The van der Waals surface area contributed by atoms with E-state index >= 15 is 0 Å². The molecule has 28 heavy (non-hydrogen) atoms. The molecular weight excluding hydrogens is 358 g/mol. The molecule has 3 amide bonds. The van der Waals surface area contributed by atoms with Crippen molar-refractivity contribution < 1.29 is 19.1 Å². The van der Waals surface area contributed by atoms with Crippen LogP contribution in [-0.2, 0) is 14.3 Å². The molecule has 7 nitrogen and oxygen atoms in total. The van der Waals surface area contributed by atoms with Crippen LogP contribution in [0.2, 0.25) is 0 Å². The van der Waals surface area contributed by atoms with E-state index in [1.165, 1.54) is 19.3 Å². The highest BCUT2D eigenvalue weighted by Crippen LogP contribution is 2.55. The molecule has 0 heterocycles. The van der Waals surface area contributed by atoms with Crippen molar-refractivity contribution in [1.29, 1.82) is 0 Å². The molecular formula is C21H35N3O4. The highest BCUT2D eigenvalue weighted by Gasteiger charge is 2.51. The average Bonchev–Trinajstić information content (AvgIpc) is 2.50. The van der Waals surface area contributed by atoms with Crippen LogP contribution < -0.4 is 16.0 Å². The Morgan fingerprint density at radius 2 is 1.43 bits per heavy atom. The number of hydrogen-bond donors (Lipinski definition) is 3. The Kier molecular flexibility index (Phi) is 6.20. The van der Waals surface area contributed by atoms with Gasteiger partial charge in [-0.15, -0.1) is 0 Å². The maximum absolute atomic E-state index is 12.4. The van der Waals surface area contributed by atoms with Crippen molar-refractivity contribution in [1.82, 2.24) is 16.0 Å². The van der Waals surface area contributed by atoms with E-state index in [1.54, 1.807) is 20.8 Å². The fourth-order valence-electron chi connectivity index (χ4n) is 5.63. The van der Waals surface area contributed by atoms with Crippen LogP contribution in [-0.4, -0.2) is 42.1 Å². The summed E-state index contributed by atoms with van der Waals surface area (Å²) in [6.07, 6.45) is 7.23. The third kappa shape index (κ3) is 5.85. The van der Waals surface area contributed by atoms with Gasteiger partial charge in [0.2, 0.25) is 11.8 Å². The predicted octanol–water partition coefficient (Wildman–Crippen LogP) is 2.49. The van der Waals surface area contributed by atoms with Crippen LogP contribution in [0.5, 0.6) is 0 Å². The minimum atomic E-state index is -0.525. The number of hydrogen-bond acceptors (Lipinski definition) is 4. The van der Waals surface area contributed by atoms with E-state index in [9.17, 15) is 14.4 Å². The van der Waals surface area contributed by atoms with Gasteiger partial charge in [0, 0.05) is 18.6 Å². The molecule has 4 fully saturated rings. The van der Waals surface area contributed by atoms with Crippen molar-refractivity contribution >= 4 is 17.9 Å². The van der Waals surface area contributed by atoms with Crippen LogP contribution in [0, 0.1) is 17.8 Å². The lowest BCUT2D eigenvalue weighted by atomic mass is 9.53. The number of ether oxygens (including phenoxy) is 1. The fourth-order valence-corrected chi connectivity index (χ4v) is 5.63. The predicted molar refractivity (Wildman–Crippen MR) is 106 cm³/mol. The molecule has 0 aromatic heterocycles. The summed E-state index contributed by atoms with van der Waals surface area (Å²) in [5.74, 6) is 1.86. The molecule has 0 aliphatic heterocycles. The molecule has 0 radical (unpaired) electrons. The third-order valence-electron chi connectivity index (χ3n) is 6.11. The Morgan fingerprint density at radius 3 is 1.96 bits per heavy atom. The Hall–Kier alpha value is -1.79. The summed E-state index contributed by atoms with van der Waals surface area (Å²) in [5, 5.41) is 8.62. The quantitative estimate of drug-likeness (QED) is 0.457. The number of carbonyl (C=O) groups excluding carboxylic acids is 3. The van der Waals surface area contributed by atoms with Gasteiger partial charge in [-0.25, -0.2) is 4.79 Å². The summed E-state index contributed by atoms with van der Waals surface area (Å²) in [6, 6.07) is 0. The maximum Gasteiger partial charge on any atom is 0.407 e.